The lowest BCUT2D eigenvalue weighted by molar-refractivity contribution is 0.102. The smallest absolute Gasteiger partial charge is 0.323 e. The maximum atomic E-state index is 12.8. The first-order valence-corrected chi connectivity index (χ1v) is 10.3. The molecular weight excluding hydrogens is 462 g/mol. The van der Waals surface area contributed by atoms with Crippen LogP contribution >= 0.6 is 15.9 Å². The van der Waals surface area contributed by atoms with Gasteiger partial charge in [0.1, 0.15) is 0 Å². The summed E-state index contributed by atoms with van der Waals surface area (Å²) in [5.41, 5.74) is 2.15. The number of methoxy groups -OCH3 is 1. The number of ether oxygens (including phenoxy) is 2. The second-order valence-corrected chi connectivity index (χ2v) is 7.26. The molecule has 3 amide bonds. The first-order valence-electron chi connectivity index (χ1n) is 9.55. The first kappa shape index (κ1) is 22.2. The summed E-state index contributed by atoms with van der Waals surface area (Å²) in [5.74, 6) is 0.666. The highest BCUT2D eigenvalue weighted by Gasteiger charge is 2.16. The van der Waals surface area contributed by atoms with E-state index in [9.17, 15) is 9.59 Å². The Bertz CT molecular complexity index is 1070. The van der Waals surface area contributed by atoms with Crippen molar-refractivity contribution in [2.45, 2.75) is 6.92 Å². The molecule has 0 aliphatic carbocycles. The quantitative estimate of drug-likeness (QED) is 0.398. The summed E-state index contributed by atoms with van der Waals surface area (Å²) in [7, 11) is 1.52. The number of hydrogen-bond acceptors (Lipinski definition) is 4. The normalized spacial score (nSPS) is 10.2. The van der Waals surface area contributed by atoms with E-state index in [2.05, 4.69) is 31.9 Å². The number of para-hydroxylation sites is 1. The van der Waals surface area contributed by atoms with Crippen LogP contribution < -0.4 is 25.4 Å². The van der Waals surface area contributed by atoms with Gasteiger partial charge in [-0.1, -0.05) is 24.3 Å². The number of halogens is 1. The highest BCUT2D eigenvalue weighted by Crippen LogP contribution is 2.36. The largest absolute Gasteiger partial charge is 0.493 e. The molecule has 0 aliphatic heterocycles. The lowest BCUT2D eigenvalue weighted by atomic mass is 10.1. The third-order valence-corrected chi connectivity index (χ3v) is 4.78. The van der Waals surface area contributed by atoms with Crippen molar-refractivity contribution < 1.29 is 19.1 Å². The third-order valence-electron chi connectivity index (χ3n) is 4.19. The van der Waals surface area contributed by atoms with Crippen LogP contribution in [-0.4, -0.2) is 25.7 Å². The van der Waals surface area contributed by atoms with Gasteiger partial charge in [-0.3, -0.25) is 4.79 Å². The average molecular weight is 484 g/mol. The van der Waals surface area contributed by atoms with Gasteiger partial charge in [0.15, 0.2) is 11.5 Å². The van der Waals surface area contributed by atoms with Gasteiger partial charge >= 0.3 is 6.03 Å². The molecule has 3 aromatic carbocycles. The summed E-state index contributed by atoms with van der Waals surface area (Å²) >= 11 is 3.42. The van der Waals surface area contributed by atoms with E-state index >= 15 is 0 Å². The summed E-state index contributed by atoms with van der Waals surface area (Å²) in [5, 5.41) is 8.31. The van der Waals surface area contributed by atoms with Gasteiger partial charge in [0.25, 0.3) is 5.91 Å². The number of amides is 3. The molecule has 8 heteroatoms. The van der Waals surface area contributed by atoms with E-state index in [1.807, 2.05) is 25.1 Å². The van der Waals surface area contributed by atoms with E-state index in [4.69, 9.17) is 9.47 Å². The van der Waals surface area contributed by atoms with E-state index in [1.54, 1.807) is 48.5 Å². The molecule has 0 bridgehead atoms. The molecule has 0 heterocycles. The first-order chi connectivity index (χ1) is 15.0. The predicted octanol–water partition coefficient (Wildman–Crippen LogP) is 5.75. The number of carbonyl (C=O) groups excluding carboxylic acids is 2. The Morgan fingerprint density at radius 3 is 2.19 bits per heavy atom. The Kier molecular flexibility index (Phi) is 7.50. The molecule has 31 heavy (non-hydrogen) atoms. The lowest BCUT2D eigenvalue weighted by Gasteiger charge is -2.14. The minimum atomic E-state index is -0.380. The van der Waals surface area contributed by atoms with Gasteiger partial charge in [-0.25, -0.2) is 4.79 Å². The SMILES string of the molecule is CCOc1c(Br)cc(C(=O)Nc2cccc(NC(=O)Nc3ccccc3)c2)cc1OC. The fraction of sp³-hybridized carbons (Fsp3) is 0.130. The molecule has 3 rings (SSSR count). The zero-order valence-electron chi connectivity index (χ0n) is 17.1. The second-order valence-electron chi connectivity index (χ2n) is 6.40. The molecule has 3 aromatic rings. The molecule has 160 valence electrons. The van der Waals surface area contributed by atoms with Crippen molar-refractivity contribution in [2.24, 2.45) is 0 Å². The molecule has 0 saturated heterocycles. The summed E-state index contributed by atoms with van der Waals surface area (Å²) in [6.07, 6.45) is 0. The van der Waals surface area contributed by atoms with Gasteiger partial charge in [0.2, 0.25) is 0 Å². The van der Waals surface area contributed by atoms with Crippen LogP contribution in [0.4, 0.5) is 21.9 Å². The minimum absolute atomic E-state index is 0.326. The van der Waals surface area contributed by atoms with Crippen LogP contribution in [0.15, 0.2) is 71.2 Å². The Morgan fingerprint density at radius 2 is 1.52 bits per heavy atom. The van der Waals surface area contributed by atoms with Gasteiger partial charge in [-0.05, 0) is 65.3 Å². The average Bonchev–Trinajstić information content (AvgIpc) is 2.76. The maximum Gasteiger partial charge on any atom is 0.323 e. The highest BCUT2D eigenvalue weighted by molar-refractivity contribution is 9.10. The monoisotopic (exact) mass is 483 g/mol. The molecule has 0 fully saturated rings. The summed E-state index contributed by atoms with van der Waals surface area (Å²) in [6.45, 7) is 2.34. The van der Waals surface area contributed by atoms with Crippen LogP contribution in [0.3, 0.4) is 0 Å². The zero-order chi connectivity index (χ0) is 22.2. The van der Waals surface area contributed by atoms with E-state index in [0.717, 1.165) is 0 Å². The van der Waals surface area contributed by atoms with Gasteiger partial charge in [-0.2, -0.15) is 0 Å². The molecule has 0 aliphatic rings. The van der Waals surface area contributed by atoms with Crippen LogP contribution in [0.1, 0.15) is 17.3 Å². The molecule has 0 radical (unpaired) electrons. The van der Waals surface area contributed by atoms with E-state index in [-0.39, 0.29) is 11.9 Å². The van der Waals surface area contributed by atoms with Crippen molar-refractivity contribution in [1.29, 1.82) is 0 Å². The zero-order valence-corrected chi connectivity index (χ0v) is 18.7. The van der Waals surface area contributed by atoms with Gasteiger partial charge < -0.3 is 25.4 Å². The predicted molar refractivity (Wildman–Crippen MR) is 125 cm³/mol. The van der Waals surface area contributed by atoms with Crippen molar-refractivity contribution in [3.05, 3.63) is 76.8 Å². The Balaban J connectivity index is 1.70. The number of benzene rings is 3. The number of anilines is 3. The highest BCUT2D eigenvalue weighted by atomic mass is 79.9. The van der Waals surface area contributed by atoms with Crippen LogP contribution in [0.2, 0.25) is 0 Å². The van der Waals surface area contributed by atoms with Gasteiger partial charge in [-0.15, -0.1) is 0 Å². The van der Waals surface area contributed by atoms with Crippen molar-refractivity contribution in [2.75, 3.05) is 29.7 Å². The van der Waals surface area contributed by atoms with Crippen molar-refractivity contribution >= 4 is 44.9 Å². The summed E-state index contributed by atoms with van der Waals surface area (Å²) < 4.78 is 11.5. The Hall–Kier alpha value is -3.52. The molecule has 0 spiro atoms. The molecule has 0 unspecified atom stereocenters. The topological polar surface area (TPSA) is 88.7 Å². The van der Waals surface area contributed by atoms with Crippen LogP contribution in [0.5, 0.6) is 11.5 Å². The van der Waals surface area contributed by atoms with Crippen LogP contribution in [-0.2, 0) is 0 Å². The van der Waals surface area contributed by atoms with Crippen molar-refractivity contribution in [3.8, 4) is 11.5 Å². The number of carbonyl (C=O) groups is 2. The third kappa shape index (κ3) is 5.99. The van der Waals surface area contributed by atoms with Crippen molar-refractivity contribution in [1.82, 2.24) is 0 Å². The molecule has 0 aromatic heterocycles. The fourth-order valence-corrected chi connectivity index (χ4v) is 3.38. The van der Waals surface area contributed by atoms with Gasteiger partial charge in [0, 0.05) is 22.6 Å². The number of rotatable bonds is 7. The van der Waals surface area contributed by atoms with Gasteiger partial charge in [0.05, 0.1) is 18.2 Å². The summed E-state index contributed by atoms with van der Waals surface area (Å²) in [6, 6.07) is 18.9. The second kappa shape index (κ2) is 10.5. The fourth-order valence-electron chi connectivity index (χ4n) is 2.83. The molecule has 3 N–H and O–H groups in total. The molecule has 0 saturated carbocycles. The molecular formula is C23H22BrN3O4. The van der Waals surface area contributed by atoms with E-state index in [1.165, 1.54) is 7.11 Å². The minimum Gasteiger partial charge on any atom is -0.493 e. The Labute approximate surface area is 188 Å². The molecule has 7 nitrogen and oxygen atoms in total. The maximum absolute atomic E-state index is 12.8. The Morgan fingerprint density at radius 1 is 0.871 bits per heavy atom. The van der Waals surface area contributed by atoms with Crippen LogP contribution in [0, 0.1) is 0 Å². The summed E-state index contributed by atoms with van der Waals surface area (Å²) in [4.78, 5) is 24.9. The number of urea groups is 1. The van der Waals surface area contributed by atoms with Crippen molar-refractivity contribution in [3.63, 3.8) is 0 Å². The van der Waals surface area contributed by atoms with E-state index < -0.39 is 0 Å². The van der Waals surface area contributed by atoms with E-state index in [0.29, 0.717) is 45.2 Å². The lowest BCUT2D eigenvalue weighted by Crippen LogP contribution is -2.19. The standard InChI is InChI=1S/C23H22BrN3O4/c1-3-31-21-19(24)12-15(13-20(21)30-2)22(28)25-17-10-7-11-18(14-17)27-23(29)26-16-8-5-4-6-9-16/h4-14H,3H2,1-2H3,(H,25,28)(H2,26,27,29). The number of hydrogen-bond donors (Lipinski definition) is 3. The molecule has 0 atom stereocenters. The number of nitrogens with one attached hydrogen (secondary N) is 3. The van der Waals surface area contributed by atoms with Crippen LogP contribution in [0.25, 0.3) is 0 Å².